The number of likely N-dealkylation sites (N-methyl/N-ethyl adjacent to an activating group) is 1. The molecule has 2 atom stereocenters. The van der Waals surface area contributed by atoms with Gasteiger partial charge in [-0.3, -0.25) is 9.80 Å². The zero-order valence-electron chi connectivity index (χ0n) is 19.2. The molecule has 2 aromatic carbocycles. The second-order valence-corrected chi connectivity index (χ2v) is 8.65. The molecule has 0 aliphatic carbocycles. The van der Waals surface area contributed by atoms with Gasteiger partial charge in [0, 0.05) is 51.4 Å². The van der Waals surface area contributed by atoms with Crippen molar-refractivity contribution < 1.29 is 14.6 Å². The van der Waals surface area contributed by atoms with Crippen LogP contribution in [0.1, 0.15) is 24.1 Å². The maximum atomic E-state index is 9.95. The average Bonchev–Trinajstić information content (AvgIpc) is 2.86. The Bertz CT molecular complexity index is 811. The summed E-state index contributed by atoms with van der Waals surface area (Å²) >= 11 is 0. The second kappa shape index (κ2) is 11.8. The van der Waals surface area contributed by atoms with Crippen molar-refractivity contribution in [3.63, 3.8) is 0 Å². The molecule has 32 heavy (non-hydrogen) atoms. The Kier molecular flexibility index (Phi) is 8.54. The fourth-order valence-electron chi connectivity index (χ4n) is 4.80. The van der Waals surface area contributed by atoms with Gasteiger partial charge < -0.3 is 19.5 Å². The van der Waals surface area contributed by atoms with Crippen LogP contribution in [-0.2, 0) is 11.3 Å². The lowest BCUT2D eigenvalue weighted by Gasteiger charge is -2.41. The molecule has 6 heteroatoms. The van der Waals surface area contributed by atoms with E-state index in [0.29, 0.717) is 13.2 Å². The molecule has 2 fully saturated rings. The summed E-state index contributed by atoms with van der Waals surface area (Å²) in [7, 11) is 0. The Morgan fingerprint density at radius 1 is 0.938 bits per heavy atom. The minimum atomic E-state index is -0.221. The number of piperazine rings is 1. The summed E-state index contributed by atoms with van der Waals surface area (Å²) in [6.07, 6.45) is -0.221. The van der Waals surface area contributed by atoms with Crippen LogP contribution >= 0.6 is 0 Å². The fraction of sp³-hybridized carbons (Fsp3) is 0.538. The van der Waals surface area contributed by atoms with Crippen molar-refractivity contribution in [3.8, 4) is 5.75 Å². The molecule has 174 valence electrons. The molecule has 0 amide bonds. The number of morpholine rings is 1. The third kappa shape index (κ3) is 5.88. The molecular weight excluding hydrogens is 402 g/mol. The smallest absolute Gasteiger partial charge is 0.123 e. The van der Waals surface area contributed by atoms with Crippen molar-refractivity contribution >= 4 is 0 Å². The highest BCUT2D eigenvalue weighted by atomic mass is 16.5. The third-order valence-electron chi connectivity index (χ3n) is 6.70. The van der Waals surface area contributed by atoms with E-state index in [4.69, 9.17) is 9.47 Å². The molecule has 0 unspecified atom stereocenters. The van der Waals surface area contributed by atoms with Crippen LogP contribution in [-0.4, -0.2) is 91.5 Å². The first-order chi connectivity index (χ1) is 15.8. The normalized spacial score (nSPS) is 23.3. The fourth-order valence-corrected chi connectivity index (χ4v) is 4.80. The van der Waals surface area contributed by atoms with Gasteiger partial charge in [0.1, 0.15) is 18.5 Å². The van der Waals surface area contributed by atoms with E-state index >= 15 is 0 Å². The second-order valence-electron chi connectivity index (χ2n) is 8.65. The molecule has 0 aromatic heterocycles. The highest BCUT2D eigenvalue weighted by molar-refractivity contribution is 5.34. The number of aliphatic hydroxyl groups is 1. The molecule has 0 saturated carbocycles. The van der Waals surface area contributed by atoms with Crippen LogP contribution in [0.25, 0.3) is 0 Å². The highest BCUT2D eigenvalue weighted by Crippen LogP contribution is 2.32. The third-order valence-corrected chi connectivity index (χ3v) is 6.70. The summed E-state index contributed by atoms with van der Waals surface area (Å²) in [6, 6.07) is 18.7. The van der Waals surface area contributed by atoms with Crippen LogP contribution in [0.2, 0.25) is 0 Å². The van der Waals surface area contributed by atoms with Gasteiger partial charge in [-0.2, -0.15) is 0 Å². The van der Waals surface area contributed by atoms with Crippen LogP contribution in [0, 0.1) is 0 Å². The molecule has 6 nitrogen and oxygen atoms in total. The number of rotatable bonds is 9. The first kappa shape index (κ1) is 23.2. The minimum Gasteiger partial charge on any atom is -0.492 e. The van der Waals surface area contributed by atoms with Crippen molar-refractivity contribution in [3.05, 3.63) is 65.7 Å². The summed E-state index contributed by atoms with van der Waals surface area (Å²) in [5, 5.41) is 9.95. The highest BCUT2D eigenvalue weighted by Gasteiger charge is 2.33. The van der Waals surface area contributed by atoms with Crippen LogP contribution in [0.5, 0.6) is 5.75 Å². The standard InChI is InChI=1S/C26H37N3O3/c1-2-27-12-14-28(15-13-27)16-18-31-24-11-7-6-10-23(24)20-29-17-19-32-25(21-30)26(29)22-8-4-3-5-9-22/h3-11,25-26,30H,2,12-21H2,1H3/t25-,26-/m1/s1. The number of aliphatic hydroxyl groups excluding tert-OH is 1. The Balaban J connectivity index is 1.39. The van der Waals surface area contributed by atoms with Crippen LogP contribution in [0.4, 0.5) is 0 Å². The van der Waals surface area contributed by atoms with Gasteiger partial charge in [-0.15, -0.1) is 0 Å². The zero-order chi connectivity index (χ0) is 22.2. The van der Waals surface area contributed by atoms with Crippen molar-refractivity contribution in [1.29, 1.82) is 0 Å². The van der Waals surface area contributed by atoms with E-state index in [-0.39, 0.29) is 18.8 Å². The van der Waals surface area contributed by atoms with Gasteiger partial charge in [0.25, 0.3) is 0 Å². The number of hydrogen-bond donors (Lipinski definition) is 1. The van der Waals surface area contributed by atoms with Crippen molar-refractivity contribution in [2.75, 3.05) is 65.6 Å². The van der Waals surface area contributed by atoms with Crippen LogP contribution in [0.15, 0.2) is 54.6 Å². The van der Waals surface area contributed by atoms with E-state index in [2.05, 4.69) is 52.0 Å². The van der Waals surface area contributed by atoms with Crippen LogP contribution < -0.4 is 4.74 Å². The van der Waals surface area contributed by atoms with E-state index in [1.807, 2.05) is 24.3 Å². The largest absolute Gasteiger partial charge is 0.492 e. The summed E-state index contributed by atoms with van der Waals surface area (Å²) in [5.41, 5.74) is 2.36. The molecule has 2 aliphatic rings. The minimum absolute atomic E-state index is 0.0134. The maximum Gasteiger partial charge on any atom is 0.123 e. The molecule has 2 saturated heterocycles. The van der Waals surface area contributed by atoms with Crippen molar-refractivity contribution in [2.45, 2.75) is 25.6 Å². The molecule has 1 N–H and O–H groups in total. The van der Waals surface area contributed by atoms with Crippen molar-refractivity contribution in [1.82, 2.24) is 14.7 Å². The van der Waals surface area contributed by atoms with Gasteiger partial charge in [0.05, 0.1) is 19.3 Å². The maximum absolute atomic E-state index is 9.95. The van der Waals surface area contributed by atoms with Gasteiger partial charge in [-0.1, -0.05) is 55.5 Å². The summed E-state index contributed by atoms with van der Waals surface area (Å²) in [5.74, 6) is 0.957. The van der Waals surface area contributed by atoms with Gasteiger partial charge in [0.2, 0.25) is 0 Å². The Morgan fingerprint density at radius 2 is 1.66 bits per heavy atom. The van der Waals surface area contributed by atoms with E-state index in [1.165, 1.54) is 11.1 Å². The van der Waals surface area contributed by atoms with Gasteiger partial charge in [-0.25, -0.2) is 0 Å². The first-order valence-corrected chi connectivity index (χ1v) is 12.0. The predicted molar refractivity (Wildman–Crippen MR) is 127 cm³/mol. The molecule has 4 rings (SSSR count). The lowest BCUT2D eigenvalue weighted by molar-refractivity contribution is -0.0962. The molecule has 2 heterocycles. The number of benzene rings is 2. The van der Waals surface area contributed by atoms with E-state index in [0.717, 1.165) is 58.1 Å². The SMILES string of the molecule is CCN1CCN(CCOc2ccccc2CN2CCO[C@H](CO)[C@H]2c2ccccc2)CC1. The van der Waals surface area contributed by atoms with Gasteiger partial charge in [0.15, 0.2) is 0 Å². The van der Waals surface area contributed by atoms with E-state index in [9.17, 15) is 5.11 Å². The Morgan fingerprint density at radius 3 is 2.41 bits per heavy atom. The van der Waals surface area contributed by atoms with Crippen molar-refractivity contribution in [2.24, 2.45) is 0 Å². The number of ether oxygens (including phenoxy) is 2. The van der Waals surface area contributed by atoms with Crippen LogP contribution in [0.3, 0.4) is 0 Å². The molecule has 0 spiro atoms. The molecular formula is C26H37N3O3. The molecule has 0 bridgehead atoms. The number of hydrogen-bond acceptors (Lipinski definition) is 6. The van der Waals surface area contributed by atoms with Gasteiger partial charge >= 0.3 is 0 Å². The first-order valence-electron chi connectivity index (χ1n) is 12.0. The molecule has 0 radical (unpaired) electrons. The molecule has 2 aliphatic heterocycles. The monoisotopic (exact) mass is 439 g/mol. The number of nitrogens with zero attached hydrogens (tertiary/aromatic N) is 3. The quantitative estimate of drug-likeness (QED) is 0.648. The summed E-state index contributed by atoms with van der Waals surface area (Å²) < 4.78 is 12.2. The summed E-state index contributed by atoms with van der Waals surface area (Å²) in [6.45, 7) is 11.8. The lowest BCUT2D eigenvalue weighted by atomic mass is 9.97. The molecule has 2 aromatic rings. The van der Waals surface area contributed by atoms with Gasteiger partial charge in [-0.05, 0) is 18.2 Å². The van der Waals surface area contributed by atoms with E-state index in [1.54, 1.807) is 0 Å². The summed E-state index contributed by atoms with van der Waals surface area (Å²) in [4.78, 5) is 7.40. The average molecular weight is 440 g/mol. The van der Waals surface area contributed by atoms with E-state index < -0.39 is 0 Å². The Hall–Kier alpha value is -1.96. The zero-order valence-corrected chi connectivity index (χ0v) is 19.2. The number of para-hydroxylation sites is 1. The lowest BCUT2D eigenvalue weighted by Crippen LogP contribution is -2.47. The Labute approximate surface area is 192 Å². The predicted octanol–water partition coefficient (Wildman–Crippen LogP) is 2.64. The topological polar surface area (TPSA) is 48.4 Å².